The van der Waals surface area contributed by atoms with Crippen molar-refractivity contribution < 1.29 is 4.92 Å². The number of hydrogen-bond donors (Lipinski definition) is 1. The summed E-state index contributed by atoms with van der Waals surface area (Å²) < 4.78 is 0.217. The van der Waals surface area contributed by atoms with E-state index in [-0.39, 0.29) is 20.9 Å². The molecule has 12 heavy (non-hydrogen) atoms. The Morgan fingerprint density at radius 2 is 2.17 bits per heavy atom. The van der Waals surface area contributed by atoms with Crippen molar-refractivity contribution in [3.8, 4) is 0 Å². The second-order valence-electron chi connectivity index (χ2n) is 2.06. The van der Waals surface area contributed by atoms with E-state index in [9.17, 15) is 10.1 Å². The Balaban J connectivity index is 3.43. The highest BCUT2D eigenvalue weighted by Crippen LogP contribution is 2.36. The van der Waals surface area contributed by atoms with E-state index in [1.165, 1.54) is 12.1 Å². The number of nitro benzene ring substituents is 1. The Morgan fingerprint density at radius 3 is 2.58 bits per heavy atom. The maximum Gasteiger partial charge on any atom is 0.307 e. The molecule has 4 nitrogen and oxygen atoms in total. The topological polar surface area (TPSA) is 69.2 Å². The Labute approximate surface area is 81.6 Å². The van der Waals surface area contributed by atoms with Crippen LogP contribution in [0.1, 0.15) is 0 Å². The second kappa shape index (κ2) is 3.28. The summed E-state index contributed by atoms with van der Waals surface area (Å²) in [7, 11) is 0. The van der Waals surface area contributed by atoms with Gasteiger partial charge in [-0.25, -0.2) is 0 Å². The number of nitrogens with two attached hydrogens (primary N) is 1. The van der Waals surface area contributed by atoms with E-state index >= 15 is 0 Å². The van der Waals surface area contributed by atoms with Crippen LogP contribution in [0.2, 0.25) is 5.02 Å². The quantitative estimate of drug-likeness (QED) is 0.474. The van der Waals surface area contributed by atoms with Crippen LogP contribution in [0.3, 0.4) is 0 Å². The highest BCUT2D eigenvalue weighted by molar-refractivity contribution is 9.10. The summed E-state index contributed by atoms with van der Waals surface area (Å²) in [5.74, 6) is 0. The van der Waals surface area contributed by atoms with Gasteiger partial charge in [-0.2, -0.15) is 0 Å². The minimum absolute atomic E-state index is 0.0938. The molecule has 0 amide bonds. The van der Waals surface area contributed by atoms with Crippen LogP contribution in [0.15, 0.2) is 16.6 Å². The van der Waals surface area contributed by atoms with Gasteiger partial charge in [0.1, 0.15) is 10.2 Å². The van der Waals surface area contributed by atoms with Crippen molar-refractivity contribution in [1.82, 2.24) is 0 Å². The van der Waals surface area contributed by atoms with Gasteiger partial charge in [-0.1, -0.05) is 11.6 Å². The van der Waals surface area contributed by atoms with Crippen LogP contribution in [-0.2, 0) is 0 Å². The Bertz CT molecular complexity index is 343. The fourth-order valence-electron chi connectivity index (χ4n) is 0.740. The summed E-state index contributed by atoms with van der Waals surface area (Å²) in [6.07, 6.45) is 0. The molecule has 1 rings (SSSR count). The molecule has 0 unspecified atom stereocenters. The van der Waals surface area contributed by atoms with E-state index in [0.29, 0.717) is 0 Å². The maximum absolute atomic E-state index is 10.4. The van der Waals surface area contributed by atoms with Gasteiger partial charge in [0.2, 0.25) is 0 Å². The van der Waals surface area contributed by atoms with Gasteiger partial charge < -0.3 is 5.73 Å². The summed E-state index contributed by atoms with van der Waals surface area (Å²) >= 11 is 8.60. The third kappa shape index (κ3) is 1.51. The van der Waals surface area contributed by atoms with E-state index in [0.717, 1.165) is 0 Å². The largest absolute Gasteiger partial charge is 0.393 e. The summed E-state index contributed by atoms with van der Waals surface area (Å²) in [5, 5.41) is 10.7. The van der Waals surface area contributed by atoms with Crippen LogP contribution in [0, 0.1) is 10.1 Å². The number of benzene rings is 1. The maximum atomic E-state index is 10.4. The van der Waals surface area contributed by atoms with Gasteiger partial charge in [-0.15, -0.1) is 0 Å². The monoisotopic (exact) mass is 250 g/mol. The third-order valence-corrected chi connectivity index (χ3v) is 2.63. The molecule has 1 aromatic rings. The molecule has 1 aromatic carbocycles. The first kappa shape index (κ1) is 9.28. The number of hydrogen-bond acceptors (Lipinski definition) is 3. The van der Waals surface area contributed by atoms with Gasteiger partial charge in [-0.3, -0.25) is 10.1 Å². The van der Waals surface area contributed by atoms with Crippen molar-refractivity contribution in [1.29, 1.82) is 0 Å². The Kier molecular flexibility index (Phi) is 2.54. The molecule has 2 N–H and O–H groups in total. The van der Waals surface area contributed by atoms with Crippen molar-refractivity contribution in [3.63, 3.8) is 0 Å². The van der Waals surface area contributed by atoms with Crippen LogP contribution in [-0.4, -0.2) is 4.92 Å². The van der Waals surface area contributed by atoms with E-state index in [1.54, 1.807) is 0 Å². The SMILES string of the molecule is Nc1ccc(Cl)c(Br)c1[N+](=O)[O-]. The predicted molar refractivity (Wildman–Crippen MR) is 50.2 cm³/mol. The molecule has 0 saturated heterocycles. The molecule has 0 atom stereocenters. The zero-order chi connectivity index (χ0) is 9.30. The molecule has 0 spiro atoms. The van der Waals surface area contributed by atoms with Crippen molar-refractivity contribution in [2.45, 2.75) is 0 Å². The average Bonchev–Trinajstić information content (AvgIpc) is 1.97. The first-order valence-electron chi connectivity index (χ1n) is 2.92. The summed E-state index contributed by atoms with van der Waals surface area (Å²) in [6.45, 7) is 0. The first-order chi connectivity index (χ1) is 5.54. The number of nitrogen functional groups attached to an aromatic ring is 1. The van der Waals surface area contributed by atoms with Crippen molar-refractivity contribution in [3.05, 3.63) is 31.7 Å². The molecule has 6 heteroatoms. The molecule has 0 aliphatic rings. The molecule has 0 heterocycles. The van der Waals surface area contributed by atoms with Crippen molar-refractivity contribution in [2.75, 3.05) is 5.73 Å². The fraction of sp³-hybridized carbons (Fsp3) is 0. The van der Waals surface area contributed by atoms with Crippen molar-refractivity contribution in [2.24, 2.45) is 0 Å². The highest BCUT2D eigenvalue weighted by Gasteiger charge is 2.18. The number of nitro groups is 1. The number of anilines is 1. The summed E-state index contributed by atoms with van der Waals surface area (Å²) in [6, 6.07) is 2.89. The van der Waals surface area contributed by atoms with E-state index < -0.39 is 4.92 Å². The molecule has 0 saturated carbocycles. The zero-order valence-corrected chi connectivity index (χ0v) is 8.09. The standard InChI is InChI=1S/C6H4BrClN2O2/c7-5-3(8)1-2-4(9)6(5)10(11)12/h1-2H,9H2. The Morgan fingerprint density at radius 1 is 1.58 bits per heavy atom. The Hall–Kier alpha value is -0.810. The molecule has 0 bridgehead atoms. The van der Waals surface area contributed by atoms with Crippen LogP contribution >= 0.6 is 27.5 Å². The van der Waals surface area contributed by atoms with Gasteiger partial charge in [0.05, 0.1) is 9.95 Å². The van der Waals surface area contributed by atoms with Gasteiger partial charge in [0, 0.05) is 0 Å². The normalized spacial score (nSPS) is 9.83. The summed E-state index contributed by atoms with van der Waals surface area (Å²) in [5.41, 5.74) is 5.26. The second-order valence-corrected chi connectivity index (χ2v) is 3.26. The lowest BCUT2D eigenvalue weighted by Gasteiger charge is -2.00. The molecule has 0 aliphatic heterocycles. The number of halogens is 2. The zero-order valence-electron chi connectivity index (χ0n) is 5.75. The smallest absolute Gasteiger partial charge is 0.307 e. The van der Waals surface area contributed by atoms with Gasteiger partial charge in [0.25, 0.3) is 0 Å². The van der Waals surface area contributed by atoms with E-state index in [2.05, 4.69) is 15.9 Å². The number of rotatable bonds is 1. The van der Waals surface area contributed by atoms with Crippen LogP contribution in [0.5, 0.6) is 0 Å². The summed E-state index contributed by atoms with van der Waals surface area (Å²) in [4.78, 5) is 9.85. The highest BCUT2D eigenvalue weighted by atomic mass is 79.9. The lowest BCUT2D eigenvalue weighted by molar-refractivity contribution is -0.384. The average molecular weight is 251 g/mol. The fourth-order valence-corrected chi connectivity index (χ4v) is 1.40. The van der Waals surface area contributed by atoms with E-state index in [1.807, 2.05) is 0 Å². The molecule has 0 radical (unpaired) electrons. The predicted octanol–water partition coefficient (Wildman–Crippen LogP) is 2.59. The first-order valence-corrected chi connectivity index (χ1v) is 4.09. The van der Waals surface area contributed by atoms with Gasteiger partial charge in [-0.05, 0) is 28.1 Å². The molecule has 0 fully saturated rings. The molecule has 0 aromatic heterocycles. The molecule has 0 aliphatic carbocycles. The molecule has 64 valence electrons. The van der Waals surface area contributed by atoms with Crippen LogP contribution < -0.4 is 5.73 Å². The lowest BCUT2D eigenvalue weighted by Crippen LogP contribution is -1.96. The molecular formula is C6H4BrClN2O2. The third-order valence-electron chi connectivity index (χ3n) is 1.28. The minimum atomic E-state index is -0.578. The van der Waals surface area contributed by atoms with Gasteiger partial charge >= 0.3 is 5.69 Å². The molecular weight excluding hydrogens is 247 g/mol. The minimum Gasteiger partial charge on any atom is -0.393 e. The van der Waals surface area contributed by atoms with Crippen LogP contribution in [0.25, 0.3) is 0 Å². The lowest BCUT2D eigenvalue weighted by atomic mass is 10.3. The van der Waals surface area contributed by atoms with Crippen molar-refractivity contribution >= 4 is 38.9 Å². The number of nitrogens with zero attached hydrogens (tertiary/aromatic N) is 1. The van der Waals surface area contributed by atoms with E-state index in [4.69, 9.17) is 17.3 Å². The van der Waals surface area contributed by atoms with Gasteiger partial charge in [0.15, 0.2) is 0 Å². The van der Waals surface area contributed by atoms with Crippen LogP contribution in [0.4, 0.5) is 11.4 Å².